The number of likely N-dealkylation sites (N-methyl/N-ethyl adjacent to an activating group) is 1. The predicted molar refractivity (Wildman–Crippen MR) is 82.2 cm³/mol. The van der Waals surface area contributed by atoms with Crippen LogP contribution in [0.1, 0.15) is 55.8 Å². The summed E-state index contributed by atoms with van der Waals surface area (Å²) in [6.45, 7) is 8.87. The zero-order chi connectivity index (χ0) is 13.7. The summed E-state index contributed by atoms with van der Waals surface area (Å²) in [7, 11) is 2.23. The van der Waals surface area contributed by atoms with Crippen molar-refractivity contribution in [3.05, 3.63) is 21.9 Å². The maximum absolute atomic E-state index is 6.37. The average Bonchev–Trinajstić information content (AvgIpc) is 2.77. The fourth-order valence-electron chi connectivity index (χ4n) is 2.64. The van der Waals surface area contributed by atoms with Crippen molar-refractivity contribution in [2.45, 2.75) is 65.1 Å². The van der Waals surface area contributed by atoms with Crippen LogP contribution in [0.25, 0.3) is 0 Å². The molecule has 2 atom stereocenters. The number of aryl methyl sites for hydroxylation is 1. The molecule has 0 spiro atoms. The van der Waals surface area contributed by atoms with Gasteiger partial charge in [0.1, 0.15) is 0 Å². The van der Waals surface area contributed by atoms with Crippen LogP contribution >= 0.6 is 11.3 Å². The maximum atomic E-state index is 6.37. The highest BCUT2D eigenvalue weighted by atomic mass is 32.1. The van der Waals surface area contributed by atoms with Crippen molar-refractivity contribution in [3.8, 4) is 0 Å². The van der Waals surface area contributed by atoms with Gasteiger partial charge in [-0.1, -0.05) is 20.8 Å². The van der Waals surface area contributed by atoms with Gasteiger partial charge < -0.3 is 5.73 Å². The standard InChI is InChI=1S/C15H28N2S/c1-6-12(7-2)17(5)15(13(16)8-3)14-10-9-11(4)18-14/h9-10,12-13,15H,6-8,16H2,1-5H3. The maximum Gasteiger partial charge on any atom is 0.0593 e. The molecule has 0 saturated heterocycles. The molecule has 104 valence electrons. The van der Waals surface area contributed by atoms with E-state index in [1.54, 1.807) is 0 Å². The Kier molecular flexibility index (Phi) is 6.33. The van der Waals surface area contributed by atoms with Crippen LogP contribution in [-0.4, -0.2) is 24.0 Å². The molecule has 0 radical (unpaired) electrons. The number of thiophene rings is 1. The Morgan fingerprint density at radius 1 is 1.17 bits per heavy atom. The summed E-state index contributed by atoms with van der Waals surface area (Å²) < 4.78 is 0. The molecule has 0 amide bonds. The molecule has 0 bridgehead atoms. The van der Waals surface area contributed by atoms with Crippen LogP contribution < -0.4 is 5.73 Å². The number of nitrogens with zero attached hydrogens (tertiary/aromatic N) is 1. The predicted octanol–water partition coefficient (Wildman–Crippen LogP) is 3.96. The van der Waals surface area contributed by atoms with Gasteiger partial charge >= 0.3 is 0 Å². The van der Waals surface area contributed by atoms with E-state index in [-0.39, 0.29) is 6.04 Å². The van der Waals surface area contributed by atoms with Gasteiger partial charge in [0, 0.05) is 21.8 Å². The highest BCUT2D eigenvalue weighted by molar-refractivity contribution is 7.12. The highest BCUT2D eigenvalue weighted by Gasteiger charge is 2.27. The monoisotopic (exact) mass is 268 g/mol. The van der Waals surface area contributed by atoms with E-state index in [0.29, 0.717) is 12.1 Å². The third-order valence-electron chi connectivity index (χ3n) is 3.89. The number of rotatable bonds is 7. The first-order valence-electron chi connectivity index (χ1n) is 7.08. The van der Waals surface area contributed by atoms with Crippen LogP contribution in [0.4, 0.5) is 0 Å². The molecule has 1 rings (SSSR count). The quantitative estimate of drug-likeness (QED) is 0.811. The molecule has 2 N–H and O–H groups in total. The Hall–Kier alpha value is -0.380. The van der Waals surface area contributed by atoms with Gasteiger partial charge in [0.2, 0.25) is 0 Å². The molecular weight excluding hydrogens is 240 g/mol. The van der Waals surface area contributed by atoms with Gasteiger partial charge in [-0.2, -0.15) is 0 Å². The van der Waals surface area contributed by atoms with E-state index in [9.17, 15) is 0 Å². The van der Waals surface area contributed by atoms with Crippen molar-refractivity contribution < 1.29 is 0 Å². The highest BCUT2D eigenvalue weighted by Crippen LogP contribution is 2.32. The van der Waals surface area contributed by atoms with Gasteiger partial charge in [-0.25, -0.2) is 0 Å². The summed E-state index contributed by atoms with van der Waals surface area (Å²) in [4.78, 5) is 5.27. The molecule has 3 heteroatoms. The molecule has 1 aromatic rings. The normalized spacial score (nSPS) is 15.3. The van der Waals surface area contributed by atoms with Crippen LogP contribution in [0.5, 0.6) is 0 Å². The van der Waals surface area contributed by atoms with Crippen molar-refractivity contribution in [3.63, 3.8) is 0 Å². The SMILES string of the molecule is CCC(N)C(c1ccc(C)s1)N(C)C(CC)CC. The summed E-state index contributed by atoms with van der Waals surface area (Å²) in [5.41, 5.74) is 6.37. The van der Waals surface area contributed by atoms with Crippen molar-refractivity contribution in [2.75, 3.05) is 7.05 Å². The van der Waals surface area contributed by atoms with Crippen LogP contribution in [0, 0.1) is 6.92 Å². The molecule has 0 aliphatic carbocycles. The van der Waals surface area contributed by atoms with E-state index < -0.39 is 0 Å². The zero-order valence-electron chi connectivity index (χ0n) is 12.4. The third kappa shape index (κ3) is 3.56. The lowest BCUT2D eigenvalue weighted by Gasteiger charge is -2.37. The first kappa shape index (κ1) is 15.7. The number of nitrogens with two attached hydrogens (primary N) is 1. The lowest BCUT2D eigenvalue weighted by molar-refractivity contribution is 0.143. The van der Waals surface area contributed by atoms with E-state index in [0.717, 1.165) is 6.42 Å². The van der Waals surface area contributed by atoms with Crippen LogP contribution in [0.2, 0.25) is 0 Å². The smallest absolute Gasteiger partial charge is 0.0593 e. The first-order valence-corrected chi connectivity index (χ1v) is 7.90. The van der Waals surface area contributed by atoms with Crippen molar-refractivity contribution in [1.82, 2.24) is 4.90 Å². The second-order valence-electron chi connectivity index (χ2n) is 5.10. The summed E-state index contributed by atoms with van der Waals surface area (Å²) in [6, 6.07) is 5.65. The van der Waals surface area contributed by atoms with Crippen molar-refractivity contribution in [2.24, 2.45) is 5.73 Å². The molecule has 2 nitrogen and oxygen atoms in total. The van der Waals surface area contributed by atoms with Gasteiger partial charge in [0.25, 0.3) is 0 Å². The van der Waals surface area contributed by atoms with Gasteiger partial charge in [0.15, 0.2) is 0 Å². The van der Waals surface area contributed by atoms with Crippen LogP contribution in [-0.2, 0) is 0 Å². The van der Waals surface area contributed by atoms with E-state index in [1.807, 2.05) is 11.3 Å². The minimum atomic E-state index is 0.216. The number of hydrogen-bond acceptors (Lipinski definition) is 3. The summed E-state index contributed by atoms with van der Waals surface area (Å²) in [5.74, 6) is 0. The average molecular weight is 268 g/mol. The molecule has 0 aliphatic heterocycles. The van der Waals surface area contributed by atoms with E-state index >= 15 is 0 Å². The Balaban J connectivity index is 2.98. The van der Waals surface area contributed by atoms with Crippen molar-refractivity contribution >= 4 is 11.3 Å². The third-order valence-corrected chi connectivity index (χ3v) is 4.96. The first-order chi connectivity index (χ1) is 8.54. The second kappa shape index (κ2) is 7.27. The summed E-state index contributed by atoms with van der Waals surface area (Å²) in [5, 5.41) is 0. The molecule has 18 heavy (non-hydrogen) atoms. The summed E-state index contributed by atoms with van der Waals surface area (Å²) in [6.07, 6.45) is 3.39. The minimum absolute atomic E-state index is 0.216. The fourth-order valence-corrected chi connectivity index (χ4v) is 3.75. The number of hydrogen-bond donors (Lipinski definition) is 1. The second-order valence-corrected chi connectivity index (χ2v) is 6.42. The molecule has 1 heterocycles. The zero-order valence-corrected chi connectivity index (χ0v) is 13.3. The largest absolute Gasteiger partial charge is 0.326 e. The Morgan fingerprint density at radius 2 is 1.78 bits per heavy atom. The van der Waals surface area contributed by atoms with Gasteiger partial charge in [-0.05, 0) is 45.4 Å². The van der Waals surface area contributed by atoms with Crippen LogP contribution in [0.15, 0.2) is 12.1 Å². The lowest BCUT2D eigenvalue weighted by atomic mass is 10.00. The molecule has 0 aromatic carbocycles. The molecule has 0 fully saturated rings. The molecule has 2 unspecified atom stereocenters. The minimum Gasteiger partial charge on any atom is -0.326 e. The van der Waals surface area contributed by atoms with Gasteiger partial charge in [-0.15, -0.1) is 11.3 Å². The van der Waals surface area contributed by atoms with Crippen molar-refractivity contribution in [1.29, 1.82) is 0 Å². The molecule has 1 aromatic heterocycles. The fraction of sp³-hybridized carbons (Fsp3) is 0.733. The summed E-state index contributed by atoms with van der Waals surface area (Å²) >= 11 is 1.88. The van der Waals surface area contributed by atoms with E-state index in [4.69, 9.17) is 5.73 Å². The van der Waals surface area contributed by atoms with Gasteiger partial charge in [-0.3, -0.25) is 4.90 Å². The molecular formula is C15H28N2S. The van der Waals surface area contributed by atoms with E-state index in [1.165, 1.54) is 22.6 Å². The van der Waals surface area contributed by atoms with Gasteiger partial charge in [0.05, 0.1) is 6.04 Å². The Labute approximate surface area is 116 Å². The van der Waals surface area contributed by atoms with Crippen LogP contribution in [0.3, 0.4) is 0 Å². The molecule has 0 aliphatic rings. The van der Waals surface area contributed by atoms with E-state index in [2.05, 4.69) is 51.8 Å². The molecule has 0 saturated carbocycles. The Bertz CT molecular complexity index is 344. The topological polar surface area (TPSA) is 29.3 Å². The Morgan fingerprint density at radius 3 is 2.17 bits per heavy atom. The lowest BCUT2D eigenvalue weighted by Crippen LogP contribution is -2.43.